The lowest BCUT2D eigenvalue weighted by Gasteiger charge is -2.18. The molecule has 0 spiro atoms. The Kier molecular flexibility index (Phi) is 6.30. The average molecular weight is 314 g/mol. The van der Waals surface area contributed by atoms with E-state index in [9.17, 15) is 17.9 Å². The maximum Gasteiger partial charge on any atom is 0.245 e. The van der Waals surface area contributed by atoms with Gasteiger partial charge in [-0.3, -0.25) is 0 Å². The van der Waals surface area contributed by atoms with E-state index < -0.39 is 26.8 Å². The van der Waals surface area contributed by atoms with Crippen LogP contribution < -0.4 is 5.73 Å². The van der Waals surface area contributed by atoms with Crippen molar-refractivity contribution in [2.45, 2.75) is 24.3 Å². The number of hydrogen-bond donors (Lipinski definition) is 2. The van der Waals surface area contributed by atoms with Crippen molar-refractivity contribution in [1.29, 1.82) is 0 Å². The molecule has 1 atom stereocenters. The number of halogens is 1. The highest BCUT2D eigenvalue weighted by Gasteiger charge is 2.24. The van der Waals surface area contributed by atoms with Crippen LogP contribution in [0, 0.1) is 17.7 Å². The van der Waals surface area contributed by atoms with Gasteiger partial charge in [0.1, 0.15) is 10.7 Å². The van der Waals surface area contributed by atoms with Crippen LogP contribution in [0.15, 0.2) is 23.1 Å². The van der Waals surface area contributed by atoms with Crippen LogP contribution in [0.3, 0.4) is 0 Å². The lowest BCUT2D eigenvalue weighted by Crippen LogP contribution is -2.30. The number of hydrogen-bond acceptors (Lipinski definition) is 4. The summed E-state index contributed by atoms with van der Waals surface area (Å²) in [6.07, 6.45) is -0.348. The third-order valence-electron chi connectivity index (χ3n) is 2.82. The van der Waals surface area contributed by atoms with Crippen LogP contribution in [-0.2, 0) is 10.0 Å². The molecule has 21 heavy (non-hydrogen) atoms. The SMILES string of the molecule is CC(O)CCN(C)S(=O)(=O)c1ccc(C#CCN)cc1F. The molecule has 1 aromatic carbocycles. The lowest BCUT2D eigenvalue weighted by atomic mass is 10.2. The van der Waals surface area contributed by atoms with E-state index in [0.29, 0.717) is 5.56 Å². The van der Waals surface area contributed by atoms with Gasteiger partial charge in [0.05, 0.1) is 12.6 Å². The first-order valence-corrected chi connectivity index (χ1v) is 7.86. The molecule has 116 valence electrons. The Labute approximate surface area is 124 Å². The van der Waals surface area contributed by atoms with Crippen LogP contribution in [0.5, 0.6) is 0 Å². The molecular weight excluding hydrogens is 295 g/mol. The normalized spacial score (nSPS) is 12.9. The quantitative estimate of drug-likeness (QED) is 0.777. The zero-order valence-electron chi connectivity index (χ0n) is 12.0. The fraction of sp³-hybridized carbons (Fsp3) is 0.429. The van der Waals surface area contributed by atoms with Gasteiger partial charge in [0.2, 0.25) is 10.0 Å². The maximum absolute atomic E-state index is 14.0. The monoisotopic (exact) mass is 314 g/mol. The van der Waals surface area contributed by atoms with Crippen LogP contribution in [0.1, 0.15) is 18.9 Å². The Hall–Kier alpha value is -1.46. The summed E-state index contributed by atoms with van der Waals surface area (Å²) in [6, 6.07) is 3.68. The minimum absolute atomic E-state index is 0.105. The van der Waals surface area contributed by atoms with Crippen LogP contribution in [0.4, 0.5) is 4.39 Å². The van der Waals surface area contributed by atoms with Crippen molar-refractivity contribution in [2.75, 3.05) is 20.1 Å². The van der Waals surface area contributed by atoms with E-state index in [1.165, 1.54) is 19.2 Å². The Balaban J connectivity index is 3.03. The van der Waals surface area contributed by atoms with Crippen molar-refractivity contribution >= 4 is 10.0 Å². The fourth-order valence-corrected chi connectivity index (χ4v) is 2.82. The predicted molar refractivity (Wildman–Crippen MR) is 78.4 cm³/mol. The first-order chi connectivity index (χ1) is 9.78. The van der Waals surface area contributed by atoms with E-state index >= 15 is 0 Å². The summed E-state index contributed by atoms with van der Waals surface area (Å²) in [5.41, 5.74) is 5.59. The minimum Gasteiger partial charge on any atom is -0.393 e. The molecule has 1 rings (SSSR count). The van der Waals surface area contributed by atoms with Gasteiger partial charge >= 0.3 is 0 Å². The fourth-order valence-electron chi connectivity index (χ4n) is 1.60. The van der Waals surface area contributed by atoms with Crippen LogP contribution in [0.2, 0.25) is 0 Å². The van der Waals surface area contributed by atoms with E-state index in [4.69, 9.17) is 5.73 Å². The number of aliphatic hydroxyl groups is 1. The Morgan fingerprint density at radius 2 is 2.14 bits per heavy atom. The summed E-state index contributed by atoms with van der Waals surface area (Å²) < 4.78 is 39.5. The average Bonchev–Trinajstić information content (AvgIpc) is 2.42. The van der Waals surface area contributed by atoms with Crippen molar-refractivity contribution < 1.29 is 17.9 Å². The number of rotatable bonds is 5. The van der Waals surface area contributed by atoms with E-state index in [2.05, 4.69) is 11.8 Å². The summed E-state index contributed by atoms with van der Waals surface area (Å²) in [4.78, 5) is -0.408. The molecule has 0 aliphatic rings. The number of nitrogens with zero attached hydrogens (tertiary/aromatic N) is 1. The van der Waals surface area contributed by atoms with Crippen molar-refractivity contribution in [1.82, 2.24) is 4.31 Å². The number of benzene rings is 1. The van der Waals surface area contributed by atoms with Crippen molar-refractivity contribution in [3.05, 3.63) is 29.6 Å². The Morgan fingerprint density at radius 1 is 1.48 bits per heavy atom. The lowest BCUT2D eigenvalue weighted by molar-refractivity contribution is 0.177. The Bertz CT molecular complexity index is 648. The summed E-state index contributed by atoms with van der Waals surface area (Å²) in [6.45, 7) is 1.81. The highest BCUT2D eigenvalue weighted by atomic mass is 32.2. The number of sulfonamides is 1. The van der Waals surface area contributed by atoms with Gasteiger partial charge in [-0.05, 0) is 31.5 Å². The van der Waals surface area contributed by atoms with Gasteiger partial charge in [-0.1, -0.05) is 11.8 Å². The van der Waals surface area contributed by atoms with E-state index in [-0.39, 0.29) is 19.5 Å². The molecule has 0 saturated heterocycles. The molecule has 1 unspecified atom stereocenters. The molecule has 0 radical (unpaired) electrons. The number of aliphatic hydroxyl groups excluding tert-OH is 1. The molecule has 0 aliphatic carbocycles. The van der Waals surface area contributed by atoms with Gasteiger partial charge in [0, 0.05) is 19.2 Å². The van der Waals surface area contributed by atoms with Gasteiger partial charge in [-0.2, -0.15) is 0 Å². The summed E-state index contributed by atoms with van der Waals surface area (Å²) in [5, 5.41) is 9.19. The molecule has 0 aliphatic heterocycles. The second kappa shape index (κ2) is 7.52. The zero-order valence-corrected chi connectivity index (χ0v) is 12.8. The largest absolute Gasteiger partial charge is 0.393 e. The topological polar surface area (TPSA) is 83.6 Å². The summed E-state index contributed by atoms with van der Waals surface area (Å²) >= 11 is 0. The molecular formula is C14H19FN2O3S. The van der Waals surface area contributed by atoms with Crippen molar-refractivity contribution in [3.63, 3.8) is 0 Å². The first-order valence-electron chi connectivity index (χ1n) is 6.42. The maximum atomic E-state index is 14.0. The smallest absolute Gasteiger partial charge is 0.245 e. The number of nitrogens with two attached hydrogens (primary N) is 1. The molecule has 5 nitrogen and oxygen atoms in total. The van der Waals surface area contributed by atoms with Gasteiger partial charge < -0.3 is 10.8 Å². The van der Waals surface area contributed by atoms with E-state index in [0.717, 1.165) is 10.4 Å². The van der Waals surface area contributed by atoms with Crippen LogP contribution >= 0.6 is 0 Å². The van der Waals surface area contributed by atoms with Crippen LogP contribution in [0.25, 0.3) is 0 Å². The summed E-state index contributed by atoms with van der Waals surface area (Å²) in [7, 11) is -2.58. The van der Waals surface area contributed by atoms with Gasteiger partial charge in [0.25, 0.3) is 0 Å². The second-order valence-corrected chi connectivity index (χ2v) is 6.63. The Morgan fingerprint density at radius 3 is 2.67 bits per heavy atom. The predicted octanol–water partition coefficient (Wildman–Crippen LogP) is 0.527. The van der Waals surface area contributed by atoms with Crippen LogP contribution in [-0.4, -0.2) is 44.1 Å². The second-order valence-electron chi connectivity index (χ2n) is 4.62. The highest BCUT2D eigenvalue weighted by Crippen LogP contribution is 2.19. The molecule has 0 saturated carbocycles. The standard InChI is InChI=1S/C14H19FN2O3S/c1-11(18)7-9-17(2)21(19,20)14-6-5-12(4-3-8-16)10-13(14)15/h5-6,10-11,18H,7-9,16H2,1-2H3. The van der Waals surface area contributed by atoms with E-state index in [1.54, 1.807) is 6.92 Å². The minimum atomic E-state index is -3.93. The van der Waals surface area contributed by atoms with Crippen molar-refractivity contribution in [3.8, 4) is 11.8 Å². The molecule has 0 bridgehead atoms. The van der Waals surface area contributed by atoms with Crippen molar-refractivity contribution in [2.24, 2.45) is 5.73 Å². The summed E-state index contributed by atoms with van der Waals surface area (Å²) in [5.74, 6) is 4.35. The molecule has 0 amide bonds. The van der Waals surface area contributed by atoms with Gasteiger partial charge in [-0.25, -0.2) is 17.1 Å². The van der Waals surface area contributed by atoms with Gasteiger partial charge in [0.15, 0.2) is 0 Å². The molecule has 7 heteroatoms. The van der Waals surface area contributed by atoms with Gasteiger partial charge in [-0.15, -0.1) is 0 Å². The van der Waals surface area contributed by atoms with E-state index in [1.807, 2.05) is 0 Å². The molecule has 1 aromatic rings. The molecule has 0 heterocycles. The molecule has 0 fully saturated rings. The third-order valence-corrected chi connectivity index (χ3v) is 4.71. The third kappa shape index (κ3) is 4.79. The highest BCUT2D eigenvalue weighted by molar-refractivity contribution is 7.89. The molecule has 0 aromatic heterocycles. The zero-order chi connectivity index (χ0) is 16.0. The first kappa shape index (κ1) is 17.6. The molecule has 3 N–H and O–H groups in total.